The van der Waals surface area contributed by atoms with E-state index in [9.17, 15) is 0 Å². The van der Waals surface area contributed by atoms with Gasteiger partial charge in [0.05, 0.1) is 0 Å². The Morgan fingerprint density at radius 1 is 1.20 bits per heavy atom. The molecule has 0 saturated heterocycles. The molecule has 51 valence electrons. The third-order valence-corrected chi connectivity index (χ3v) is 1.45. The van der Waals surface area contributed by atoms with Gasteiger partial charge in [-0.05, 0) is 10.0 Å². The molecule has 1 radical (unpaired) electrons. The van der Waals surface area contributed by atoms with Crippen molar-refractivity contribution in [3.05, 3.63) is 28.2 Å². The number of rotatable bonds is 0. The molecule has 0 heterocycles. The molecular weight excluding hydrogens is 248 g/mol. The number of phenols is 1. The van der Waals surface area contributed by atoms with E-state index in [4.69, 9.17) is 28.3 Å². The molecule has 0 saturated carbocycles. The smallest absolute Gasteiger partial charge is 0.0441 e. The van der Waals surface area contributed by atoms with E-state index in [1.54, 1.807) is 0 Å². The molecule has 0 aliphatic heterocycles. The van der Waals surface area contributed by atoms with Crippen molar-refractivity contribution < 1.29 is 37.8 Å². The molecule has 1 aromatic carbocycles. The van der Waals surface area contributed by atoms with E-state index in [1.807, 2.05) is 0 Å². The fraction of sp³-hybridized carbons (Fsp3) is 0. The number of hydrogen-bond acceptors (Lipinski definition) is 1. The van der Waals surface area contributed by atoms with Crippen LogP contribution in [0.15, 0.2) is 12.1 Å². The molecule has 0 aromatic heterocycles. The van der Waals surface area contributed by atoms with Crippen molar-refractivity contribution in [2.45, 2.75) is 0 Å². The van der Waals surface area contributed by atoms with Crippen molar-refractivity contribution in [3.8, 4) is 5.75 Å². The topological polar surface area (TPSA) is 20.2 Å². The first kappa shape index (κ1) is 10.7. The van der Waals surface area contributed by atoms with Crippen molar-refractivity contribution in [2.24, 2.45) is 0 Å². The molecule has 10 heavy (non-hydrogen) atoms. The zero-order chi connectivity index (χ0) is 6.85. The van der Waals surface area contributed by atoms with Crippen LogP contribution in [0.5, 0.6) is 5.75 Å². The molecule has 1 rings (SSSR count). The normalized spacial score (nSPS) is 8.60. The fourth-order valence-corrected chi connectivity index (χ4v) is 0.817. The summed E-state index contributed by atoms with van der Waals surface area (Å²) in [5.74, 6) is -0.0860. The van der Waals surface area contributed by atoms with Crippen molar-refractivity contribution in [1.82, 2.24) is 0 Å². The molecular formula is C6H3Cl2OY-. The predicted molar refractivity (Wildman–Crippen MR) is 37.0 cm³/mol. The molecule has 1 aromatic rings. The minimum absolute atomic E-state index is 0. The molecule has 0 aliphatic rings. The van der Waals surface area contributed by atoms with Gasteiger partial charge < -0.3 is 5.11 Å². The number of aromatic hydroxyl groups is 1. The average molecular weight is 251 g/mol. The van der Waals surface area contributed by atoms with E-state index in [2.05, 4.69) is 6.07 Å². The van der Waals surface area contributed by atoms with E-state index in [0.29, 0.717) is 0 Å². The van der Waals surface area contributed by atoms with E-state index in [1.165, 1.54) is 12.1 Å². The third kappa shape index (κ3) is 2.39. The Labute approximate surface area is 94.2 Å². The quantitative estimate of drug-likeness (QED) is 0.702. The van der Waals surface area contributed by atoms with Crippen LogP contribution in [0.25, 0.3) is 0 Å². The molecule has 0 aliphatic carbocycles. The predicted octanol–water partition coefficient (Wildman–Crippen LogP) is 2.50. The maximum Gasteiger partial charge on any atom is 0.0441 e. The summed E-state index contributed by atoms with van der Waals surface area (Å²) in [5, 5.41) is 9.37. The zero-order valence-corrected chi connectivity index (χ0v) is 9.29. The summed E-state index contributed by atoms with van der Waals surface area (Å²) in [4.78, 5) is 0. The Hall–Kier alpha value is 0.704. The van der Waals surface area contributed by atoms with Crippen molar-refractivity contribution in [2.75, 3.05) is 0 Å². The second kappa shape index (κ2) is 4.56. The standard InChI is InChI=1S/C6H3Cl2O.Y/c7-4-2-1-3-5(8)6(4)9;/h2-3,9H;/q-1;. The van der Waals surface area contributed by atoms with Crippen LogP contribution < -0.4 is 0 Å². The van der Waals surface area contributed by atoms with Gasteiger partial charge in [0.1, 0.15) is 0 Å². The third-order valence-electron chi connectivity index (χ3n) is 0.873. The van der Waals surface area contributed by atoms with Gasteiger partial charge in [0.25, 0.3) is 0 Å². The van der Waals surface area contributed by atoms with Gasteiger partial charge in [-0.3, -0.25) is 0 Å². The molecule has 0 spiro atoms. The number of phenolic OH excluding ortho intramolecular Hbond substituents is 1. The Morgan fingerprint density at radius 2 is 1.60 bits per heavy atom. The SMILES string of the molecule is Oc1c(Cl)c[c-]cc1Cl.[Y]. The van der Waals surface area contributed by atoms with Gasteiger partial charge in [-0.25, -0.2) is 0 Å². The van der Waals surface area contributed by atoms with Crippen LogP contribution in [0.4, 0.5) is 0 Å². The van der Waals surface area contributed by atoms with Gasteiger partial charge in [0.15, 0.2) is 0 Å². The van der Waals surface area contributed by atoms with Crippen LogP contribution in [0, 0.1) is 6.07 Å². The van der Waals surface area contributed by atoms with Crippen LogP contribution in [0.2, 0.25) is 10.0 Å². The van der Waals surface area contributed by atoms with Gasteiger partial charge in [-0.1, -0.05) is 0 Å². The molecule has 0 bridgehead atoms. The van der Waals surface area contributed by atoms with E-state index in [0.717, 1.165) is 0 Å². The Bertz CT molecular complexity index is 207. The maximum absolute atomic E-state index is 8.92. The Morgan fingerprint density at radius 3 is 1.90 bits per heavy atom. The minimum atomic E-state index is -0.0860. The fourth-order valence-electron chi connectivity index (χ4n) is 0.439. The molecule has 1 N–H and O–H groups in total. The van der Waals surface area contributed by atoms with Gasteiger partial charge in [-0.2, -0.15) is 41.4 Å². The molecule has 1 nitrogen and oxygen atoms in total. The summed E-state index contributed by atoms with van der Waals surface area (Å²) in [7, 11) is 0. The second-order valence-corrected chi connectivity index (χ2v) is 2.31. The summed E-state index contributed by atoms with van der Waals surface area (Å²) >= 11 is 10.9. The number of benzene rings is 1. The van der Waals surface area contributed by atoms with Gasteiger partial charge in [0, 0.05) is 38.5 Å². The first-order valence-corrected chi connectivity index (χ1v) is 3.01. The minimum Gasteiger partial charge on any atom is -0.531 e. The number of halogens is 2. The Kier molecular flexibility index (Phi) is 4.88. The molecule has 0 atom stereocenters. The summed E-state index contributed by atoms with van der Waals surface area (Å²) in [6.45, 7) is 0. The van der Waals surface area contributed by atoms with Crippen molar-refractivity contribution in [3.63, 3.8) is 0 Å². The largest absolute Gasteiger partial charge is 0.531 e. The molecule has 4 heteroatoms. The zero-order valence-electron chi connectivity index (χ0n) is 4.94. The summed E-state index contributed by atoms with van der Waals surface area (Å²) in [6, 6.07) is 5.54. The van der Waals surface area contributed by atoms with E-state index in [-0.39, 0.29) is 48.5 Å². The summed E-state index contributed by atoms with van der Waals surface area (Å²) in [5.41, 5.74) is 0. The Balaban J connectivity index is 0.000000810. The number of hydrogen-bond donors (Lipinski definition) is 1. The van der Waals surface area contributed by atoms with Gasteiger partial charge in [-0.15, -0.1) is 0 Å². The maximum atomic E-state index is 8.92. The van der Waals surface area contributed by atoms with E-state index >= 15 is 0 Å². The summed E-state index contributed by atoms with van der Waals surface area (Å²) < 4.78 is 0. The first-order chi connectivity index (χ1) is 4.22. The van der Waals surface area contributed by atoms with Crippen LogP contribution in [0.3, 0.4) is 0 Å². The first-order valence-electron chi connectivity index (χ1n) is 2.26. The molecule has 0 amide bonds. The van der Waals surface area contributed by atoms with Crippen molar-refractivity contribution >= 4 is 23.2 Å². The van der Waals surface area contributed by atoms with Gasteiger partial charge >= 0.3 is 0 Å². The molecule has 0 unspecified atom stereocenters. The average Bonchev–Trinajstić information content (AvgIpc) is 1.83. The van der Waals surface area contributed by atoms with E-state index < -0.39 is 0 Å². The van der Waals surface area contributed by atoms with Crippen LogP contribution in [-0.4, -0.2) is 5.11 Å². The molecule has 0 fully saturated rings. The summed E-state index contributed by atoms with van der Waals surface area (Å²) in [6.07, 6.45) is 0. The van der Waals surface area contributed by atoms with Crippen LogP contribution >= 0.6 is 23.2 Å². The second-order valence-electron chi connectivity index (χ2n) is 1.50. The van der Waals surface area contributed by atoms with Gasteiger partial charge in [0.2, 0.25) is 0 Å². The van der Waals surface area contributed by atoms with Crippen LogP contribution in [-0.2, 0) is 32.7 Å². The monoisotopic (exact) mass is 250 g/mol. The van der Waals surface area contributed by atoms with Crippen molar-refractivity contribution in [1.29, 1.82) is 0 Å². The van der Waals surface area contributed by atoms with Crippen LogP contribution in [0.1, 0.15) is 0 Å².